The fourth-order valence-electron chi connectivity index (χ4n) is 2.65. The Bertz CT molecular complexity index is 776. The molecule has 2 rings (SSSR count). The van der Waals surface area contributed by atoms with Crippen molar-refractivity contribution in [1.82, 2.24) is 5.16 Å². The number of carbonyl (C=O) groups is 1. The third kappa shape index (κ3) is 3.66. The summed E-state index contributed by atoms with van der Waals surface area (Å²) in [5, 5.41) is 7.04. The van der Waals surface area contributed by atoms with Crippen molar-refractivity contribution in [2.75, 3.05) is 25.7 Å². The van der Waals surface area contributed by atoms with Gasteiger partial charge >= 0.3 is 5.97 Å². The summed E-state index contributed by atoms with van der Waals surface area (Å²) in [6, 6.07) is 3.58. The molecule has 0 aliphatic rings. The molecule has 0 unspecified atom stereocenters. The number of benzene rings is 1. The van der Waals surface area contributed by atoms with Gasteiger partial charge in [0, 0.05) is 16.8 Å². The molecule has 1 heterocycles. The molecular weight excluding hydrogens is 322 g/mol. The van der Waals surface area contributed by atoms with Crippen molar-refractivity contribution in [1.29, 1.82) is 0 Å². The van der Waals surface area contributed by atoms with Crippen LogP contribution in [0.5, 0.6) is 5.75 Å². The predicted octanol–water partition coefficient (Wildman–Crippen LogP) is 2.87. The molecule has 0 aliphatic carbocycles. The fraction of sp³-hybridized carbons (Fsp3) is 0.333. The van der Waals surface area contributed by atoms with E-state index >= 15 is 0 Å². The van der Waals surface area contributed by atoms with Gasteiger partial charge in [-0.1, -0.05) is 11.7 Å². The van der Waals surface area contributed by atoms with Crippen LogP contribution in [0.2, 0.25) is 0 Å². The van der Waals surface area contributed by atoms with E-state index in [1.807, 2.05) is 19.9 Å². The molecule has 0 bridgehead atoms. The van der Waals surface area contributed by atoms with Crippen molar-refractivity contribution in [3.8, 4) is 16.9 Å². The molecule has 0 fully saturated rings. The monoisotopic (exact) mass is 345 g/mol. The topological polar surface area (TPSA) is 99.6 Å². The molecule has 1 aromatic heterocycles. The van der Waals surface area contributed by atoms with Crippen LogP contribution in [0.4, 0.5) is 5.69 Å². The number of esters is 1. The summed E-state index contributed by atoms with van der Waals surface area (Å²) in [6.45, 7) is 9.73. The number of aryl methyl sites for hydroxylation is 2. The molecule has 0 atom stereocenters. The Hall–Kier alpha value is -2.80. The van der Waals surface area contributed by atoms with E-state index in [0.29, 0.717) is 22.8 Å². The molecule has 7 heteroatoms. The van der Waals surface area contributed by atoms with Crippen LogP contribution in [0.1, 0.15) is 23.9 Å². The van der Waals surface area contributed by atoms with Gasteiger partial charge in [-0.15, -0.1) is 0 Å². The number of ether oxygens (including phenoxy) is 2. The Morgan fingerprint density at radius 1 is 1.40 bits per heavy atom. The second kappa shape index (κ2) is 7.85. The normalized spacial score (nSPS) is 10.4. The standard InChI is InChI=1S/C18H23N3O4/c1-6-24-18(22)10(2)13-8-16(23-5)14(7-15(13)20-9-19)17-11(3)21-25-12(17)4/h7-8,20H,2,6,9,19H2,1,3-5H3. The zero-order valence-electron chi connectivity index (χ0n) is 14.9. The first-order valence-corrected chi connectivity index (χ1v) is 7.90. The van der Waals surface area contributed by atoms with Crippen LogP contribution in [-0.2, 0) is 9.53 Å². The van der Waals surface area contributed by atoms with Gasteiger partial charge in [0.1, 0.15) is 11.5 Å². The Kier molecular flexibility index (Phi) is 5.82. The maximum Gasteiger partial charge on any atom is 0.338 e. The van der Waals surface area contributed by atoms with Crippen LogP contribution in [0.3, 0.4) is 0 Å². The maximum absolute atomic E-state index is 12.1. The Balaban J connectivity index is 2.64. The molecule has 2 aromatic rings. The molecule has 1 aromatic carbocycles. The second-order valence-electron chi connectivity index (χ2n) is 5.38. The Morgan fingerprint density at radius 3 is 2.64 bits per heavy atom. The number of hydrogen-bond donors (Lipinski definition) is 2. The number of carbonyl (C=O) groups excluding carboxylic acids is 1. The quantitative estimate of drug-likeness (QED) is 0.452. The lowest BCUT2D eigenvalue weighted by molar-refractivity contribution is -0.136. The van der Waals surface area contributed by atoms with Crippen LogP contribution >= 0.6 is 0 Å². The molecule has 0 saturated heterocycles. The van der Waals surface area contributed by atoms with E-state index in [2.05, 4.69) is 17.1 Å². The van der Waals surface area contributed by atoms with Crippen molar-refractivity contribution in [2.45, 2.75) is 20.8 Å². The first-order chi connectivity index (χ1) is 11.9. The molecule has 0 saturated carbocycles. The van der Waals surface area contributed by atoms with E-state index < -0.39 is 5.97 Å². The van der Waals surface area contributed by atoms with E-state index in [1.165, 1.54) is 0 Å². The summed E-state index contributed by atoms with van der Waals surface area (Å²) in [4.78, 5) is 12.1. The summed E-state index contributed by atoms with van der Waals surface area (Å²) in [5.41, 5.74) is 9.45. The van der Waals surface area contributed by atoms with E-state index in [0.717, 1.165) is 16.8 Å². The average molecular weight is 345 g/mol. The predicted molar refractivity (Wildman–Crippen MR) is 96.3 cm³/mol. The third-order valence-electron chi connectivity index (χ3n) is 3.78. The molecule has 0 aliphatic heterocycles. The zero-order chi connectivity index (χ0) is 18.6. The Labute approximate surface area is 146 Å². The van der Waals surface area contributed by atoms with Gasteiger partial charge in [-0.05, 0) is 32.9 Å². The molecule has 0 radical (unpaired) electrons. The van der Waals surface area contributed by atoms with Crippen LogP contribution in [-0.4, -0.2) is 31.5 Å². The first kappa shape index (κ1) is 18.5. The maximum atomic E-state index is 12.1. The number of nitrogens with two attached hydrogens (primary N) is 1. The highest BCUT2D eigenvalue weighted by atomic mass is 16.5. The summed E-state index contributed by atoms with van der Waals surface area (Å²) >= 11 is 0. The van der Waals surface area contributed by atoms with Gasteiger partial charge in [-0.2, -0.15) is 0 Å². The molecular formula is C18H23N3O4. The highest BCUT2D eigenvalue weighted by Crippen LogP contribution is 2.40. The summed E-state index contributed by atoms with van der Waals surface area (Å²) in [6.07, 6.45) is 0. The van der Waals surface area contributed by atoms with Crippen LogP contribution in [0, 0.1) is 13.8 Å². The number of aromatic nitrogens is 1. The van der Waals surface area contributed by atoms with Gasteiger partial charge in [-0.3, -0.25) is 0 Å². The van der Waals surface area contributed by atoms with Gasteiger partial charge in [-0.25, -0.2) is 4.79 Å². The largest absolute Gasteiger partial charge is 0.496 e. The van der Waals surface area contributed by atoms with E-state index in [-0.39, 0.29) is 18.8 Å². The van der Waals surface area contributed by atoms with Crippen molar-refractivity contribution < 1.29 is 18.8 Å². The lowest BCUT2D eigenvalue weighted by Crippen LogP contribution is -2.14. The lowest BCUT2D eigenvalue weighted by Gasteiger charge is -2.17. The van der Waals surface area contributed by atoms with Crippen molar-refractivity contribution >= 4 is 17.2 Å². The minimum Gasteiger partial charge on any atom is -0.496 e. The number of hydrogen-bond acceptors (Lipinski definition) is 7. The minimum absolute atomic E-state index is 0.191. The van der Waals surface area contributed by atoms with Crippen LogP contribution in [0.25, 0.3) is 16.7 Å². The zero-order valence-corrected chi connectivity index (χ0v) is 14.9. The van der Waals surface area contributed by atoms with E-state index in [4.69, 9.17) is 19.7 Å². The van der Waals surface area contributed by atoms with Crippen molar-refractivity contribution in [3.05, 3.63) is 35.7 Å². The SMILES string of the molecule is C=C(C(=O)OCC)c1cc(OC)c(-c2c(C)noc2C)cc1NCN. The number of nitrogens with one attached hydrogen (secondary N) is 1. The highest BCUT2D eigenvalue weighted by molar-refractivity contribution is 6.17. The summed E-state index contributed by atoms with van der Waals surface area (Å²) < 4.78 is 15.8. The van der Waals surface area contributed by atoms with Gasteiger partial charge < -0.3 is 25.0 Å². The lowest BCUT2D eigenvalue weighted by atomic mass is 9.96. The van der Waals surface area contributed by atoms with E-state index in [1.54, 1.807) is 20.1 Å². The van der Waals surface area contributed by atoms with Crippen molar-refractivity contribution in [3.63, 3.8) is 0 Å². The first-order valence-electron chi connectivity index (χ1n) is 7.90. The fourth-order valence-corrected chi connectivity index (χ4v) is 2.65. The number of rotatable bonds is 7. The highest BCUT2D eigenvalue weighted by Gasteiger charge is 2.22. The van der Waals surface area contributed by atoms with E-state index in [9.17, 15) is 4.79 Å². The smallest absolute Gasteiger partial charge is 0.338 e. The van der Waals surface area contributed by atoms with Gasteiger partial charge in [0.25, 0.3) is 0 Å². The molecule has 0 amide bonds. The summed E-state index contributed by atoms with van der Waals surface area (Å²) in [7, 11) is 1.56. The van der Waals surface area contributed by atoms with Gasteiger partial charge in [0.15, 0.2) is 0 Å². The molecule has 7 nitrogen and oxygen atoms in total. The van der Waals surface area contributed by atoms with Crippen molar-refractivity contribution in [2.24, 2.45) is 5.73 Å². The third-order valence-corrected chi connectivity index (χ3v) is 3.78. The number of methoxy groups -OCH3 is 1. The Morgan fingerprint density at radius 2 is 2.12 bits per heavy atom. The molecule has 25 heavy (non-hydrogen) atoms. The summed E-state index contributed by atoms with van der Waals surface area (Å²) in [5.74, 6) is 0.749. The van der Waals surface area contributed by atoms with Gasteiger partial charge in [0.2, 0.25) is 0 Å². The molecule has 3 N–H and O–H groups in total. The second-order valence-corrected chi connectivity index (χ2v) is 5.38. The van der Waals surface area contributed by atoms with Crippen LogP contribution in [0.15, 0.2) is 23.2 Å². The number of anilines is 1. The van der Waals surface area contributed by atoms with Gasteiger partial charge in [0.05, 0.1) is 37.2 Å². The number of nitrogens with zero attached hydrogens (tertiary/aromatic N) is 1. The average Bonchev–Trinajstić information content (AvgIpc) is 2.93. The minimum atomic E-state index is -0.491. The van der Waals surface area contributed by atoms with Crippen LogP contribution < -0.4 is 15.8 Å². The molecule has 0 spiro atoms. The molecule has 134 valence electrons.